The molecule has 106 valence electrons. The Labute approximate surface area is 118 Å². The monoisotopic (exact) mass is 273 g/mol. The third-order valence-electron chi connectivity index (χ3n) is 4.77. The number of rotatable bonds is 4. The zero-order valence-electron chi connectivity index (χ0n) is 11.5. The normalized spacial score (nSPS) is 30.1. The van der Waals surface area contributed by atoms with Crippen LogP contribution < -0.4 is 5.32 Å². The maximum absolute atomic E-state index is 12.3. The molecule has 1 aromatic rings. The fraction of sp³-hybridized carbons (Fsp3) is 0.500. The van der Waals surface area contributed by atoms with Gasteiger partial charge in [0.15, 0.2) is 5.54 Å². The lowest BCUT2D eigenvalue weighted by Crippen LogP contribution is -2.51. The fourth-order valence-corrected chi connectivity index (χ4v) is 3.30. The molecule has 0 heterocycles. The van der Waals surface area contributed by atoms with Gasteiger partial charge in [0, 0.05) is 5.92 Å². The molecule has 0 saturated heterocycles. The fourth-order valence-electron chi connectivity index (χ4n) is 3.30. The number of fused-ring (bicyclic) bond motifs is 1. The number of hydrogen-bond donors (Lipinski definition) is 2. The molecule has 3 atom stereocenters. The molecule has 0 aliphatic heterocycles. The zero-order chi connectivity index (χ0) is 14.3. The highest BCUT2D eigenvalue weighted by molar-refractivity contribution is 5.89. The summed E-state index contributed by atoms with van der Waals surface area (Å²) in [5.41, 5.74) is -0.755. The molecule has 0 aromatic heterocycles. The molecule has 2 aliphatic rings. The van der Waals surface area contributed by atoms with E-state index in [4.69, 9.17) is 0 Å². The minimum Gasteiger partial charge on any atom is -0.479 e. The number of carboxylic acids is 1. The maximum atomic E-state index is 12.3. The molecular weight excluding hydrogens is 254 g/mol. The van der Waals surface area contributed by atoms with Gasteiger partial charge in [0.1, 0.15) is 0 Å². The third kappa shape index (κ3) is 2.19. The van der Waals surface area contributed by atoms with Crippen molar-refractivity contribution >= 4 is 11.9 Å². The molecule has 0 radical (unpaired) electrons. The van der Waals surface area contributed by atoms with Gasteiger partial charge in [-0.05, 0) is 43.6 Å². The van der Waals surface area contributed by atoms with E-state index < -0.39 is 11.5 Å². The quantitative estimate of drug-likeness (QED) is 0.883. The smallest absolute Gasteiger partial charge is 0.333 e. The van der Waals surface area contributed by atoms with Gasteiger partial charge in [-0.2, -0.15) is 0 Å². The predicted octanol–water partition coefficient (Wildman–Crippen LogP) is 2.15. The summed E-state index contributed by atoms with van der Waals surface area (Å²) in [4.78, 5) is 24.0. The largest absolute Gasteiger partial charge is 0.479 e. The highest BCUT2D eigenvalue weighted by Crippen LogP contribution is 2.54. The van der Waals surface area contributed by atoms with Gasteiger partial charge < -0.3 is 10.4 Å². The van der Waals surface area contributed by atoms with Gasteiger partial charge in [0.2, 0.25) is 5.91 Å². The Hall–Kier alpha value is -1.84. The molecule has 3 unspecified atom stereocenters. The number of carboxylic acid groups (broad SMARTS) is 1. The Kier molecular flexibility index (Phi) is 3.04. The van der Waals surface area contributed by atoms with Crippen molar-refractivity contribution in [3.63, 3.8) is 0 Å². The van der Waals surface area contributed by atoms with Crippen LogP contribution in [0, 0.1) is 17.8 Å². The standard InChI is InChI=1S/C16H19NO3/c1-16(15(19)20,13-5-3-2-4-6-13)17-14(18)12-8-10-7-11(10)9-12/h2-6,10-12H,7-9H2,1H3,(H,17,18)(H,19,20). The van der Waals surface area contributed by atoms with Crippen LogP contribution in [0.4, 0.5) is 0 Å². The van der Waals surface area contributed by atoms with E-state index in [1.165, 1.54) is 6.42 Å². The van der Waals surface area contributed by atoms with Crippen molar-refractivity contribution in [1.29, 1.82) is 0 Å². The van der Waals surface area contributed by atoms with Gasteiger partial charge in [-0.3, -0.25) is 4.79 Å². The Morgan fingerprint density at radius 1 is 1.15 bits per heavy atom. The van der Waals surface area contributed by atoms with E-state index in [1.807, 2.05) is 6.07 Å². The van der Waals surface area contributed by atoms with E-state index in [0.29, 0.717) is 17.4 Å². The summed E-state index contributed by atoms with van der Waals surface area (Å²) in [7, 11) is 0. The van der Waals surface area contributed by atoms with Gasteiger partial charge >= 0.3 is 5.97 Å². The van der Waals surface area contributed by atoms with E-state index in [9.17, 15) is 14.7 Å². The topological polar surface area (TPSA) is 66.4 Å². The molecule has 20 heavy (non-hydrogen) atoms. The Morgan fingerprint density at radius 2 is 1.75 bits per heavy atom. The van der Waals surface area contributed by atoms with Crippen molar-refractivity contribution in [2.45, 2.75) is 31.7 Å². The van der Waals surface area contributed by atoms with E-state index in [-0.39, 0.29) is 11.8 Å². The van der Waals surface area contributed by atoms with Crippen LogP contribution in [0.5, 0.6) is 0 Å². The molecule has 0 bridgehead atoms. The number of carbonyl (C=O) groups excluding carboxylic acids is 1. The first kappa shape index (κ1) is 13.2. The summed E-state index contributed by atoms with van der Waals surface area (Å²) in [6, 6.07) is 8.88. The number of amides is 1. The summed E-state index contributed by atoms with van der Waals surface area (Å²) in [6.07, 6.45) is 3.08. The Bertz CT molecular complexity index is 532. The van der Waals surface area contributed by atoms with Crippen LogP contribution >= 0.6 is 0 Å². The Morgan fingerprint density at radius 3 is 2.30 bits per heavy atom. The highest BCUT2D eigenvalue weighted by Gasteiger charge is 2.49. The third-order valence-corrected chi connectivity index (χ3v) is 4.77. The van der Waals surface area contributed by atoms with Crippen LogP contribution in [0.15, 0.2) is 30.3 Å². The first-order valence-corrected chi connectivity index (χ1v) is 7.11. The summed E-state index contributed by atoms with van der Waals surface area (Å²) in [5, 5.41) is 12.3. The predicted molar refractivity (Wildman–Crippen MR) is 73.9 cm³/mol. The number of aliphatic carboxylic acids is 1. The van der Waals surface area contributed by atoms with Crippen molar-refractivity contribution < 1.29 is 14.7 Å². The molecule has 2 aliphatic carbocycles. The van der Waals surface area contributed by atoms with Crippen molar-refractivity contribution in [3.05, 3.63) is 35.9 Å². The van der Waals surface area contributed by atoms with Crippen molar-refractivity contribution in [3.8, 4) is 0 Å². The van der Waals surface area contributed by atoms with E-state index >= 15 is 0 Å². The summed E-state index contributed by atoms with van der Waals surface area (Å²) in [6.45, 7) is 1.55. The number of carbonyl (C=O) groups is 2. The van der Waals surface area contributed by atoms with Crippen LogP contribution in [0.1, 0.15) is 31.7 Å². The van der Waals surface area contributed by atoms with Gasteiger partial charge in [0.05, 0.1) is 0 Å². The minimum atomic E-state index is -1.36. The lowest BCUT2D eigenvalue weighted by molar-refractivity contribution is -0.148. The SMILES string of the molecule is CC(NC(=O)C1CC2CC2C1)(C(=O)O)c1ccccc1. The first-order chi connectivity index (χ1) is 9.50. The number of nitrogens with one attached hydrogen (secondary N) is 1. The highest BCUT2D eigenvalue weighted by atomic mass is 16.4. The van der Waals surface area contributed by atoms with Crippen molar-refractivity contribution in [2.24, 2.45) is 17.8 Å². The second kappa shape index (κ2) is 4.62. The lowest BCUT2D eigenvalue weighted by atomic mass is 9.90. The summed E-state index contributed by atoms with van der Waals surface area (Å²) >= 11 is 0. The van der Waals surface area contributed by atoms with Gasteiger partial charge in [0.25, 0.3) is 0 Å². The molecule has 2 N–H and O–H groups in total. The van der Waals surface area contributed by atoms with Crippen LogP contribution in [0.3, 0.4) is 0 Å². The molecule has 0 spiro atoms. The minimum absolute atomic E-state index is 0.0128. The summed E-state index contributed by atoms with van der Waals surface area (Å²) < 4.78 is 0. The molecule has 1 aromatic carbocycles. The molecule has 1 amide bonds. The van der Waals surface area contributed by atoms with E-state index in [1.54, 1.807) is 31.2 Å². The molecular formula is C16H19NO3. The molecule has 2 saturated carbocycles. The number of hydrogen-bond acceptors (Lipinski definition) is 2. The van der Waals surface area contributed by atoms with E-state index in [2.05, 4.69) is 5.32 Å². The van der Waals surface area contributed by atoms with Crippen LogP contribution in [0.25, 0.3) is 0 Å². The molecule has 4 nitrogen and oxygen atoms in total. The van der Waals surface area contributed by atoms with Crippen LogP contribution in [0.2, 0.25) is 0 Å². The second-order valence-electron chi connectivity index (χ2n) is 6.21. The maximum Gasteiger partial charge on any atom is 0.333 e. The second-order valence-corrected chi connectivity index (χ2v) is 6.21. The van der Waals surface area contributed by atoms with Crippen molar-refractivity contribution in [1.82, 2.24) is 5.32 Å². The average Bonchev–Trinajstić information content (AvgIpc) is 3.05. The molecule has 4 heteroatoms. The van der Waals surface area contributed by atoms with Gasteiger partial charge in [-0.15, -0.1) is 0 Å². The number of benzene rings is 1. The van der Waals surface area contributed by atoms with Gasteiger partial charge in [-0.1, -0.05) is 30.3 Å². The molecule has 3 rings (SSSR count). The van der Waals surface area contributed by atoms with Crippen LogP contribution in [-0.2, 0) is 15.1 Å². The van der Waals surface area contributed by atoms with E-state index in [0.717, 1.165) is 12.8 Å². The van der Waals surface area contributed by atoms with Crippen LogP contribution in [-0.4, -0.2) is 17.0 Å². The van der Waals surface area contributed by atoms with Gasteiger partial charge in [-0.25, -0.2) is 4.79 Å². The van der Waals surface area contributed by atoms with Crippen molar-refractivity contribution in [2.75, 3.05) is 0 Å². The summed E-state index contributed by atoms with van der Waals surface area (Å²) in [5.74, 6) is 0.254. The Balaban J connectivity index is 1.77. The molecule has 2 fully saturated rings. The lowest BCUT2D eigenvalue weighted by Gasteiger charge is -2.28. The zero-order valence-corrected chi connectivity index (χ0v) is 11.5. The first-order valence-electron chi connectivity index (χ1n) is 7.11. The average molecular weight is 273 g/mol.